The number of halogens is 1. The van der Waals surface area contributed by atoms with Gasteiger partial charge in [-0.25, -0.2) is 15.0 Å². The topological polar surface area (TPSA) is 84.4 Å². The molecule has 0 aromatic carbocycles. The molecule has 122 valence electrons. The van der Waals surface area contributed by atoms with Gasteiger partial charge in [0.15, 0.2) is 5.65 Å². The fraction of sp³-hybridized carbons (Fsp3) is 0.0556. The van der Waals surface area contributed by atoms with E-state index in [2.05, 4.69) is 19.9 Å². The van der Waals surface area contributed by atoms with Crippen molar-refractivity contribution in [1.29, 1.82) is 0 Å². The highest BCUT2D eigenvalue weighted by Crippen LogP contribution is 2.31. The smallest absolute Gasteiger partial charge is 0.249 e. The van der Waals surface area contributed by atoms with Crippen molar-refractivity contribution in [3.63, 3.8) is 0 Å². The highest BCUT2D eigenvalue weighted by molar-refractivity contribution is 6.29. The molecule has 7 heteroatoms. The minimum absolute atomic E-state index is 0.224. The van der Waals surface area contributed by atoms with E-state index < -0.39 is 0 Å². The minimum atomic E-state index is -0.224. The van der Waals surface area contributed by atoms with E-state index >= 15 is 0 Å². The van der Waals surface area contributed by atoms with Gasteiger partial charge in [-0.1, -0.05) is 11.6 Å². The lowest BCUT2D eigenvalue weighted by Crippen LogP contribution is -2.06. The van der Waals surface area contributed by atoms with E-state index in [1.807, 2.05) is 25.1 Å². The maximum atomic E-state index is 11.6. The molecule has 0 aliphatic rings. The highest BCUT2D eigenvalue weighted by atomic mass is 35.5. The second kappa shape index (κ2) is 6.07. The number of hydrogen-bond acceptors (Lipinski definition) is 5. The van der Waals surface area contributed by atoms with Gasteiger partial charge in [0, 0.05) is 35.3 Å². The summed E-state index contributed by atoms with van der Waals surface area (Å²) in [4.78, 5) is 31.9. The first-order valence-electron chi connectivity index (χ1n) is 7.56. The van der Waals surface area contributed by atoms with Gasteiger partial charge in [-0.05, 0) is 37.3 Å². The van der Waals surface area contributed by atoms with Gasteiger partial charge in [0.25, 0.3) is 0 Å². The molecule has 4 aromatic rings. The van der Waals surface area contributed by atoms with Crippen molar-refractivity contribution in [3.8, 4) is 22.5 Å². The summed E-state index contributed by atoms with van der Waals surface area (Å²) in [6.07, 6.45) is 3.37. The van der Waals surface area contributed by atoms with Gasteiger partial charge in [-0.2, -0.15) is 0 Å². The van der Waals surface area contributed by atoms with Crippen molar-refractivity contribution in [1.82, 2.24) is 24.9 Å². The summed E-state index contributed by atoms with van der Waals surface area (Å²) in [5.74, 6) is 0. The molecule has 0 spiro atoms. The van der Waals surface area contributed by atoms with E-state index in [1.165, 1.54) is 6.07 Å². The lowest BCUT2D eigenvalue weighted by atomic mass is 10.1. The lowest BCUT2D eigenvalue weighted by Gasteiger charge is -2.11. The molecule has 25 heavy (non-hydrogen) atoms. The van der Waals surface area contributed by atoms with Crippen LogP contribution in [0, 0.1) is 6.92 Å². The maximum Gasteiger partial charge on any atom is 0.249 e. The molecular formula is C18H12ClN5O. The second-order valence-corrected chi connectivity index (χ2v) is 5.92. The van der Waals surface area contributed by atoms with E-state index in [1.54, 1.807) is 24.5 Å². The van der Waals surface area contributed by atoms with Crippen molar-refractivity contribution in [2.24, 2.45) is 0 Å². The monoisotopic (exact) mass is 349 g/mol. The zero-order valence-electron chi connectivity index (χ0n) is 13.2. The van der Waals surface area contributed by atoms with Crippen molar-refractivity contribution in [2.75, 3.05) is 0 Å². The third-order valence-corrected chi connectivity index (χ3v) is 3.90. The van der Waals surface area contributed by atoms with E-state index in [-0.39, 0.29) is 5.56 Å². The Kier molecular flexibility index (Phi) is 3.74. The SMILES string of the molecule is Cc1cc(-c2nc3ccc(=O)[nH]c3nc2-c2ccncc2)cc(Cl)n1. The summed E-state index contributed by atoms with van der Waals surface area (Å²) in [5, 5.41) is 0.388. The molecule has 6 nitrogen and oxygen atoms in total. The van der Waals surface area contributed by atoms with E-state index in [0.717, 1.165) is 16.8 Å². The Morgan fingerprint density at radius 2 is 1.68 bits per heavy atom. The number of H-pyrrole nitrogens is 1. The first-order valence-corrected chi connectivity index (χ1v) is 7.94. The molecule has 0 saturated heterocycles. The summed E-state index contributed by atoms with van der Waals surface area (Å²) in [6.45, 7) is 1.87. The number of fused-ring (bicyclic) bond motifs is 1. The molecule has 0 saturated carbocycles. The summed E-state index contributed by atoms with van der Waals surface area (Å²) >= 11 is 6.12. The molecule has 0 radical (unpaired) electrons. The molecule has 0 bridgehead atoms. The quantitative estimate of drug-likeness (QED) is 0.561. The number of aromatic nitrogens is 5. The van der Waals surface area contributed by atoms with Crippen LogP contribution >= 0.6 is 11.6 Å². The predicted molar refractivity (Wildman–Crippen MR) is 96.4 cm³/mol. The first kappa shape index (κ1) is 15.4. The van der Waals surface area contributed by atoms with Gasteiger partial charge < -0.3 is 4.98 Å². The second-order valence-electron chi connectivity index (χ2n) is 5.53. The number of nitrogens with one attached hydrogen (secondary N) is 1. The molecule has 4 aromatic heterocycles. The van der Waals surface area contributed by atoms with Crippen molar-refractivity contribution in [3.05, 3.63) is 70.0 Å². The molecule has 0 atom stereocenters. The molecule has 0 unspecified atom stereocenters. The summed E-state index contributed by atoms with van der Waals surface area (Å²) in [6, 6.07) is 10.4. The maximum absolute atomic E-state index is 11.6. The van der Waals surface area contributed by atoms with E-state index in [4.69, 9.17) is 16.6 Å². The molecule has 0 fully saturated rings. The first-order chi connectivity index (χ1) is 12.1. The third-order valence-electron chi connectivity index (χ3n) is 3.71. The number of aryl methyl sites for hydroxylation is 1. The third kappa shape index (κ3) is 2.99. The number of rotatable bonds is 2. The highest BCUT2D eigenvalue weighted by Gasteiger charge is 2.15. The van der Waals surface area contributed by atoms with Gasteiger partial charge in [0.2, 0.25) is 5.56 Å². The van der Waals surface area contributed by atoms with E-state index in [0.29, 0.717) is 27.7 Å². The Balaban J connectivity index is 2.07. The van der Waals surface area contributed by atoms with Crippen LogP contribution in [0.3, 0.4) is 0 Å². The van der Waals surface area contributed by atoms with Gasteiger partial charge in [-0.15, -0.1) is 0 Å². The summed E-state index contributed by atoms with van der Waals surface area (Å²) in [5.41, 5.74) is 4.54. The minimum Gasteiger partial charge on any atom is -0.305 e. The standard InChI is InChI=1S/C18H12ClN5O/c1-10-8-12(9-14(19)21-10)17-16(11-4-6-20-7-5-11)24-18-13(22-17)2-3-15(25)23-18/h2-9H,1H3,(H,23,24,25). The molecule has 4 heterocycles. The molecule has 1 N–H and O–H groups in total. The van der Waals surface area contributed by atoms with Gasteiger partial charge in [0.1, 0.15) is 10.7 Å². The van der Waals surface area contributed by atoms with Crippen LogP contribution in [-0.2, 0) is 0 Å². The number of hydrogen-bond donors (Lipinski definition) is 1. The Labute approximate surface area is 147 Å². The van der Waals surface area contributed by atoms with Crippen molar-refractivity contribution in [2.45, 2.75) is 6.92 Å². The van der Waals surface area contributed by atoms with Crippen LogP contribution in [0.1, 0.15) is 5.69 Å². The largest absolute Gasteiger partial charge is 0.305 e. The van der Waals surface area contributed by atoms with Crippen LogP contribution in [0.5, 0.6) is 0 Å². The predicted octanol–water partition coefficient (Wildman–Crippen LogP) is 3.40. The van der Waals surface area contributed by atoms with Crippen LogP contribution in [0.2, 0.25) is 5.15 Å². The number of pyridine rings is 3. The molecule has 0 aliphatic carbocycles. The van der Waals surface area contributed by atoms with E-state index in [9.17, 15) is 4.79 Å². The molecule has 4 rings (SSSR count). The average Bonchev–Trinajstić information content (AvgIpc) is 2.60. The Morgan fingerprint density at radius 1 is 0.920 bits per heavy atom. The van der Waals surface area contributed by atoms with Crippen LogP contribution in [0.4, 0.5) is 0 Å². The van der Waals surface area contributed by atoms with Gasteiger partial charge >= 0.3 is 0 Å². The van der Waals surface area contributed by atoms with Crippen LogP contribution in [0.15, 0.2) is 53.6 Å². The van der Waals surface area contributed by atoms with Gasteiger partial charge in [-0.3, -0.25) is 9.78 Å². The van der Waals surface area contributed by atoms with Gasteiger partial charge in [0.05, 0.1) is 11.4 Å². The fourth-order valence-corrected chi connectivity index (χ4v) is 2.90. The number of nitrogens with zero attached hydrogens (tertiary/aromatic N) is 4. The van der Waals surface area contributed by atoms with Crippen molar-refractivity contribution >= 4 is 22.8 Å². The fourth-order valence-electron chi connectivity index (χ4n) is 2.65. The number of aromatic amines is 1. The Hall–Kier alpha value is -3.12. The summed E-state index contributed by atoms with van der Waals surface area (Å²) < 4.78 is 0. The van der Waals surface area contributed by atoms with Crippen LogP contribution in [0.25, 0.3) is 33.7 Å². The van der Waals surface area contributed by atoms with Crippen LogP contribution in [-0.4, -0.2) is 24.9 Å². The zero-order valence-corrected chi connectivity index (χ0v) is 13.9. The zero-order chi connectivity index (χ0) is 17.4. The summed E-state index contributed by atoms with van der Waals surface area (Å²) in [7, 11) is 0. The normalized spacial score (nSPS) is 11.0. The van der Waals surface area contributed by atoms with Crippen LogP contribution < -0.4 is 5.56 Å². The van der Waals surface area contributed by atoms with Crippen molar-refractivity contribution < 1.29 is 0 Å². The lowest BCUT2D eigenvalue weighted by molar-refractivity contribution is 1.17. The Morgan fingerprint density at radius 3 is 2.44 bits per heavy atom. The molecule has 0 amide bonds. The molecular weight excluding hydrogens is 338 g/mol. The Bertz CT molecular complexity index is 1120. The average molecular weight is 350 g/mol. The molecule has 0 aliphatic heterocycles.